The van der Waals surface area contributed by atoms with Crippen molar-refractivity contribution in [1.29, 1.82) is 0 Å². The number of aryl methyl sites for hydroxylation is 1. The van der Waals surface area contributed by atoms with Crippen molar-refractivity contribution in [3.8, 4) is 11.5 Å². The molecule has 0 saturated heterocycles. The zero-order valence-electron chi connectivity index (χ0n) is 18.6. The van der Waals surface area contributed by atoms with Crippen LogP contribution in [0.4, 0.5) is 0 Å². The third-order valence-corrected chi connectivity index (χ3v) is 4.94. The summed E-state index contributed by atoms with van der Waals surface area (Å²) >= 11 is 0. The van der Waals surface area contributed by atoms with Crippen molar-refractivity contribution in [2.75, 3.05) is 7.11 Å². The third-order valence-electron chi connectivity index (χ3n) is 4.94. The lowest BCUT2D eigenvalue weighted by Gasteiger charge is -2.24. The van der Waals surface area contributed by atoms with E-state index in [0.29, 0.717) is 0 Å². The van der Waals surface area contributed by atoms with Crippen LogP contribution in [0, 0.1) is 6.92 Å². The van der Waals surface area contributed by atoms with Crippen LogP contribution in [0.3, 0.4) is 0 Å². The van der Waals surface area contributed by atoms with Gasteiger partial charge in [-0.25, -0.2) is 9.78 Å². The number of pyridine rings is 1. The van der Waals surface area contributed by atoms with Crippen LogP contribution in [-0.4, -0.2) is 42.1 Å². The zero-order valence-corrected chi connectivity index (χ0v) is 18.6. The Bertz CT molecular complexity index is 959. The molecule has 1 N–H and O–H groups in total. The average molecular weight is 428 g/mol. The molecule has 0 aliphatic heterocycles. The molecule has 1 heterocycles. The highest BCUT2D eigenvalue weighted by Gasteiger charge is 2.27. The average Bonchev–Trinajstić information content (AvgIpc) is 2.73. The lowest BCUT2D eigenvalue weighted by molar-refractivity contribution is -0.151. The SMILES string of the molecule is COc1ccnc(C(=O)N[C@@H](C)C(=O)O[C@@H](C)C(C)c2ccccc2C)c1OC(C)=O. The Kier molecular flexibility index (Phi) is 8.13. The highest BCUT2D eigenvalue weighted by atomic mass is 16.6. The van der Waals surface area contributed by atoms with Gasteiger partial charge in [0.2, 0.25) is 5.75 Å². The van der Waals surface area contributed by atoms with Crippen LogP contribution in [0.2, 0.25) is 0 Å². The smallest absolute Gasteiger partial charge is 0.328 e. The summed E-state index contributed by atoms with van der Waals surface area (Å²) in [4.78, 5) is 40.6. The van der Waals surface area contributed by atoms with Gasteiger partial charge in [-0.2, -0.15) is 0 Å². The summed E-state index contributed by atoms with van der Waals surface area (Å²) in [5.74, 6) is -1.88. The summed E-state index contributed by atoms with van der Waals surface area (Å²) in [5, 5.41) is 2.53. The number of hydrogen-bond donors (Lipinski definition) is 1. The van der Waals surface area contributed by atoms with E-state index in [1.807, 2.05) is 45.0 Å². The maximum atomic E-state index is 12.7. The molecule has 0 saturated carbocycles. The highest BCUT2D eigenvalue weighted by molar-refractivity contribution is 5.98. The summed E-state index contributed by atoms with van der Waals surface area (Å²) in [6.45, 7) is 8.51. The molecule has 2 rings (SSSR count). The fourth-order valence-corrected chi connectivity index (χ4v) is 3.06. The molecule has 0 fully saturated rings. The number of esters is 2. The van der Waals surface area contributed by atoms with Crippen LogP contribution in [0.5, 0.6) is 11.5 Å². The number of benzene rings is 1. The predicted molar refractivity (Wildman–Crippen MR) is 114 cm³/mol. The van der Waals surface area contributed by atoms with Gasteiger partial charge in [-0.15, -0.1) is 0 Å². The van der Waals surface area contributed by atoms with E-state index in [1.54, 1.807) is 0 Å². The molecule has 3 atom stereocenters. The van der Waals surface area contributed by atoms with Crippen LogP contribution >= 0.6 is 0 Å². The van der Waals surface area contributed by atoms with Crippen molar-refractivity contribution < 1.29 is 28.6 Å². The molecule has 0 bridgehead atoms. The van der Waals surface area contributed by atoms with Crippen molar-refractivity contribution in [2.24, 2.45) is 0 Å². The van der Waals surface area contributed by atoms with E-state index in [1.165, 1.54) is 33.2 Å². The van der Waals surface area contributed by atoms with E-state index in [-0.39, 0.29) is 23.1 Å². The number of carbonyl (C=O) groups excluding carboxylic acids is 3. The van der Waals surface area contributed by atoms with Gasteiger partial charge in [0.1, 0.15) is 12.1 Å². The van der Waals surface area contributed by atoms with E-state index in [0.717, 1.165) is 11.1 Å². The minimum atomic E-state index is -0.947. The molecule has 0 aliphatic carbocycles. The first kappa shape index (κ1) is 23.9. The van der Waals surface area contributed by atoms with Gasteiger partial charge in [-0.3, -0.25) is 9.59 Å². The number of ether oxygens (including phenoxy) is 3. The maximum Gasteiger partial charge on any atom is 0.328 e. The largest absolute Gasteiger partial charge is 0.493 e. The first-order valence-corrected chi connectivity index (χ1v) is 9.94. The van der Waals surface area contributed by atoms with Crippen molar-refractivity contribution in [2.45, 2.75) is 52.7 Å². The number of aromatic nitrogens is 1. The van der Waals surface area contributed by atoms with Gasteiger partial charge < -0.3 is 19.5 Å². The molecule has 166 valence electrons. The minimum absolute atomic E-state index is 0.0244. The van der Waals surface area contributed by atoms with Crippen molar-refractivity contribution in [1.82, 2.24) is 10.3 Å². The Labute approximate surface area is 181 Å². The number of amides is 1. The third kappa shape index (κ3) is 6.04. The van der Waals surface area contributed by atoms with Crippen LogP contribution in [0.1, 0.15) is 55.2 Å². The monoisotopic (exact) mass is 428 g/mol. The highest BCUT2D eigenvalue weighted by Crippen LogP contribution is 2.30. The van der Waals surface area contributed by atoms with Crippen LogP contribution in [-0.2, 0) is 14.3 Å². The molecule has 8 heteroatoms. The molecule has 1 unspecified atom stereocenters. The van der Waals surface area contributed by atoms with E-state index in [4.69, 9.17) is 14.2 Å². The minimum Gasteiger partial charge on any atom is -0.493 e. The molecule has 1 aromatic heterocycles. The Hall–Kier alpha value is -3.42. The predicted octanol–water partition coefficient (Wildman–Crippen LogP) is 3.18. The Morgan fingerprint density at radius 1 is 1.06 bits per heavy atom. The van der Waals surface area contributed by atoms with Gasteiger partial charge in [0.25, 0.3) is 5.91 Å². The molecule has 8 nitrogen and oxygen atoms in total. The fourth-order valence-electron chi connectivity index (χ4n) is 3.06. The summed E-state index contributed by atoms with van der Waals surface area (Å²) in [6.07, 6.45) is 0.940. The Morgan fingerprint density at radius 3 is 2.35 bits per heavy atom. The van der Waals surface area contributed by atoms with E-state index < -0.39 is 30.0 Å². The zero-order chi connectivity index (χ0) is 23.1. The summed E-state index contributed by atoms with van der Waals surface area (Å²) in [6, 6.07) is 8.42. The molecule has 1 aromatic carbocycles. The summed E-state index contributed by atoms with van der Waals surface area (Å²) in [5.41, 5.74) is 2.03. The van der Waals surface area contributed by atoms with Crippen LogP contribution in [0.25, 0.3) is 0 Å². The number of rotatable bonds is 8. The fraction of sp³-hybridized carbons (Fsp3) is 0.391. The number of nitrogens with one attached hydrogen (secondary N) is 1. The second-order valence-electron chi connectivity index (χ2n) is 7.27. The number of methoxy groups -OCH3 is 1. The topological polar surface area (TPSA) is 104 Å². The van der Waals surface area contributed by atoms with Crippen LogP contribution < -0.4 is 14.8 Å². The summed E-state index contributed by atoms with van der Waals surface area (Å²) < 4.78 is 15.8. The molecular weight excluding hydrogens is 400 g/mol. The Morgan fingerprint density at radius 2 is 1.74 bits per heavy atom. The van der Waals surface area contributed by atoms with Crippen LogP contribution in [0.15, 0.2) is 36.5 Å². The van der Waals surface area contributed by atoms with Gasteiger partial charge in [-0.05, 0) is 31.9 Å². The van der Waals surface area contributed by atoms with Crippen molar-refractivity contribution in [3.05, 3.63) is 53.3 Å². The quantitative estimate of drug-likeness (QED) is 0.644. The molecule has 0 spiro atoms. The van der Waals surface area contributed by atoms with Gasteiger partial charge in [0.15, 0.2) is 11.4 Å². The number of hydrogen-bond acceptors (Lipinski definition) is 7. The Balaban J connectivity index is 2.08. The standard InChI is InChI=1S/C23H28N2O6/c1-13-9-7-8-10-18(13)14(2)16(4)30-23(28)15(3)25-22(27)20-21(31-17(5)26)19(29-6)11-12-24-20/h7-12,14-16H,1-6H3,(H,25,27)/t14?,15-,16-/m0/s1. The molecule has 0 aliphatic rings. The molecule has 31 heavy (non-hydrogen) atoms. The second-order valence-corrected chi connectivity index (χ2v) is 7.27. The number of carbonyl (C=O) groups is 3. The van der Waals surface area contributed by atoms with E-state index in [9.17, 15) is 14.4 Å². The van der Waals surface area contributed by atoms with E-state index in [2.05, 4.69) is 10.3 Å². The van der Waals surface area contributed by atoms with E-state index >= 15 is 0 Å². The van der Waals surface area contributed by atoms with Gasteiger partial charge >= 0.3 is 11.9 Å². The molecule has 2 aromatic rings. The number of nitrogens with zero attached hydrogens (tertiary/aromatic N) is 1. The normalized spacial score (nSPS) is 13.5. The van der Waals surface area contributed by atoms with Gasteiger partial charge in [-0.1, -0.05) is 31.2 Å². The van der Waals surface area contributed by atoms with Gasteiger partial charge in [0.05, 0.1) is 7.11 Å². The first-order chi connectivity index (χ1) is 14.6. The molecule has 0 radical (unpaired) electrons. The second kappa shape index (κ2) is 10.6. The molecular formula is C23H28N2O6. The van der Waals surface area contributed by atoms with Gasteiger partial charge in [0, 0.05) is 25.1 Å². The molecule has 1 amide bonds. The van der Waals surface area contributed by atoms with Crippen molar-refractivity contribution >= 4 is 17.8 Å². The van der Waals surface area contributed by atoms with Crippen molar-refractivity contribution in [3.63, 3.8) is 0 Å². The maximum absolute atomic E-state index is 12.7. The first-order valence-electron chi connectivity index (χ1n) is 9.94. The lowest BCUT2D eigenvalue weighted by atomic mass is 9.92. The summed E-state index contributed by atoms with van der Waals surface area (Å²) in [7, 11) is 1.38. The lowest BCUT2D eigenvalue weighted by Crippen LogP contribution is -2.41.